The van der Waals surface area contributed by atoms with Gasteiger partial charge in [-0.2, -0.15) is 0 Å². The molecule has 0 atom stereocenters. The molecular formula is C11H22N2Si2. The second kappa shape index (κ2) is 4.10. The molecule has 1 rings (SSSR count). The molecule has 0 aromatic carbocycles. The highest BCUT2D eigenvalue weighted by Crippen LogP contribution is 2.28. The molecule has 4 heteroatoms. The second-order valence-electron chi connectivity index (χ2n) is 5.75. The van der Waals surface area contributed by atoms with Crippen LogP contribution in [0.3, 0.4) is 0 Å². The first-order chi connectivity index (χ1) is 6.77. The minimum absolute atomic E-state index is 0.489. The molecule has 0 fully saturated rings. The fourth-order valence-electron chi connectivity index (χ4n) is 1.52. The normalized spacial score (nSPS) is 18.3. The van der Waals surface area contributed by atoms with Gasteiger partial charge in [-0.05, 0) is 23.8 Å². The molecule has 0 saturated carbocycles. The third kappa shape index (κ3) is 2.92. The van der Waals surface area contributed by atoms with Crippen LogP contribution < -0.4 is 0 Å². The van der Waals surface area contributed by atoms with Gasteiger partial charge in [0.1, 0.15) is 8.07 Å². The van der Waals surface area contributed by atoms with Crippen molar-refractivity contribution in [3.63, 3.8) is 0 Å². The fourth-order valence-corrected chi connectivity index (χ4v) is 3.95. The van der Waals surface area contributed by atoms with E-state index in [0.717, 1.165) is 0 Å². The molecule has 0 aromatic rings. The van der Waals surface area contributed by atoms with Crippen LogP contribution in [0.2, 0.25) is 38.3 Å². The van der Waals surface area contributed by atoms with E-state index in [1.54, 1.807) is 5.84 Å². The molecule has 0 saturated heterocycles. The van der Waals surface area contributed by atoms with Gasteiger partial charge in [-0.15, -0.1) is 0 Å². The number of hydrogen-bond acceptors (Lipinski definition) is 2. The summed E-state index contributed by atoms with van der Waals surface area (Å²) in [5.74, 6) is 1.68. The van der Waals surface area contributed by atoms with Gasteiger partial charge < -0.3 is 9.97 Å². The van der Waals surface area contributed by atoms with Gasteiger partial charge >= 0.3 is 0 Å². The van der Waals surface area contributed by atoms with Crippen LogP contribution in [-0.4, -0.2) is 26.7 Å². The first-order valence-corrected chi connectivity index (χ1v) is 12.0. The van der Waals surface area contributed by atoms with Crippen molar-refractivity contribution in [2.24, 2.45) is 0 Å². The highest BCUT2D eigenvalue weighted by atomic mass is 28.3. The topological polar surface area (TPSA) is 27.1 Å². The maximum Gasteiger partial charge on any atom is 0.152 e. The van der Waals surface area contributed by atoms with Gasteiger partial charge in [0.15, 0.2) is 8.24 Å². The maximum atomic E-state index is 7.48. The molecule has 0 radical (unpaired) electrons. The Balaban J connectivity index is 2.77. The number of nitrogens with zero attached hydrogens (tertiary/aromatic N) is 1. The Morgan fingerprint density at radius 3 is 1.87 bits per heavy atom. The van der Waals surface area contributed by atoms with Crippen LogP contribution in [0.5, 0.6) is 0 Å². The monoisotopic (exact) mass is 238 g/mol. The minimum atomic E-state index is -1.51. The Hall–Kier alpha value is -0.616. The first kappa shape index (κ1) is 12.5. The van der Waals surface area contributed by atoms with Crippen LogP contribution in [0.4, 0.5) is 0 Å². The van der Waals surface area contributed by atoms with Gasteiger partial charge in [-0.25, -0.2) is 0 Å². The Bertz CT molecular complexity index is 286. The van der Waals surface area contributed by atoms with Gasteiger partial charge in [0.25, 0.3) is 0 Å². The van der Waals surface area contributed by atoms with Crippen LogP contribution in [0, 0.1) is 5.41 Å². The molecule has 0 amide bonds. The average Bonchev–Trinajstić information content (AvgIpc) is 2.17. The van der Waals surface area contributed by atoms with E-state index in [0.29, 0.717) is 5.54 Å². The molecular weight excluding hydrogens is 216 g/mol. The van der Waals surface area contributed by atoms with E-state index in [9.17, 15) is 0 Å². The molecule has 1 N–H and O–H groups in total. The van der Waals surface area contributed by atoms with Crippen LogP contribution in [0.1, 0.15) is 0 Å². The van der Waals surface area contributed by atoms with Crippen molar-refractivity contribution in [1.82, 2.24) is 4.57 Å². The molecule has 0 aromatic heterocycles. The van der Waals surface area contributed by atoms with Gasteiger partial charge in [-0.1, -0.05) is 44.9 Å². The zero-order valence-electron chi connectivity index (χ0n) is 10.4. The number of rotatable bonds is 3. The summed E-state index contributed by atoms with van der Waals surface area (Å²) in [6.45, 7) is 11.5. The van der Waals surface area contributed by atoms with Crippen molar-refractivity contribution in [2.75, 3.05) is 0 Å². The summed E-state index contributed by atoms with van der Waals surface area (Å²) in [6.07, 6.45) is 8.98. The van der Waals surface area contributed by atoms with E-state index in [1.165, 1.54) is 0 Å². The SMILES string of the molecule is C[Si](C)(C=N)C1C=CN([Si](C)(C)C)C=C1. The van der Waals surface area contributed by atoms with E-state index in [1.807, 2.05) is 0 Å². The molecule has 15 heavy (non-hydrogen) atoms. The molecule has 0 unspecified atom stereocenters. The fraction of sp³-hybridized carbons (Fsp3) is 0.545. The van der Waals surface area contributed by atoms with Crippen molar-refractivity contribution >= 4 is 22.1 Å². The van der Waals surface area contributed by atoms with Crippen molar-refractivity contribution in [1.29, 1.82) is 5.41 Å². The molecule has 0 spiro atoms. The number of nitrogens with one attached hydrogen (secondary N) is 1. The molecule has 0 aliphatic carbocycles. The zero-order chi connectivity index (χ0) is 11.7. The predicted octanol–water partition coefficient (Wildman–Crippen LogP) is 3.43. The van der Waals surface area contributed by atoms with Gasteiger partial charge in [0, 0.05) is 0 Å². The van der Waals surface area contributed by atoms with Crippen LogP contribution in [0.15, 0.2) is 24.6 Å². The van der Waals surface area contributed by atoms with Crippen LogP contribution >= 0.6 is 0 Å². The third-order valence-electron chi connectivity index (χ3n) is 2.91. The summed E-state index contributed by atoms with van der Waals surface area (Å²) in [4.78, 5) is 0. The van der Waals surface area contributed by atoms with E-state index in [-0.39, 0.29) is 0 Å². The lowest BCUT2D eigenvalue weighted by atomic mass is 10.3. The number of allylic oxidation sites excluding steroid dienone is 2. The third-order valence-corrected chi connectivity index (χ3v) is 7.61. The summed E-state index contributed by atoms with van der Waals surface area (Å²) in [5, 5.41) is 7.48. The summed E-state index contributed by atoms with van der Waals surface area (Å²) in [7, 11) is -2.75. The largest absolute Gasteiger partial charge is 0.382 e. The molecule has 1 heterocycles. The Labute approximate surface area is 95.3 Å². The first-order valence-electron chi connectivity index (χ1n) is 5.44. The van der Waals surface area contributed by atoms with Gasteiger partial charge in [0.05, 0.1) is 0 Å². The quantitative estimate of drug-likeness (QED) is 0.592. The van der Waals surface area contributed by atoms with E-state index in [4.69, 9.17) is 5.41 Å². The Morgan fingerprint density at radius 2 is 1.53 bits per heavy atom. The summed E-state index contributed by atoms with van der Waals surface area (Å²) in [6, 6.07) is 0. The highest BCUT2D eigenvalue weighted by Gasteiger charge is 2.29. The second-order valence-corrected chi connectivity index (χ2v) is 15.2. The van der Waals surface area contributed by atoms with Gasteiger partial charge in [0.2, 0.25) is 0 Å². The Kier molecular flexibility index (Phi) is 3.40. The lowest BCUT2D eigenvalue weighted by molar-refractivity contribution is 0.740. The Morgan fingerprint density at radius 1 is 1.07 bits per heavy atom. The van der Waals surface area contributed by atoms with E-state index in [2.05, 4.69) is 61.9 Å². The van der Waals surface area contributed by atoms with Crippen molar-refractivity contribution < 1.29 is 0 Å². The van der Waals surface area contributed by atoms with Crippen molar-refractivity contribution in [2.45, 2.75) is 38.3 Å². The molecule has 2 nitrogen and oxygen atoms in total. The molecule has 1 aliphatic heterocycles. The van der Waals surface area contributed by atoms with Crippen LogP contribution in [0.25, 0.3) is 0 Å². The summed E-state index contributed by atoms with van der Waals surface area (Å²) in [5.41, 5.74) is 0.489. The smallest absolute Gasteiger partial charge is 0.152 e. The van der Waals surface area contributed by atoms with E-state index < -0.39 is 16.3 Å². The van der Waals surface area contributed by atoms with Crippen molar-refractivity contribution in [3.8, 4) is 0 Å². The summed E-state index contributed by atoms with van der Waals surface area (Å²) >= 11 is 0. The highest BCUT2D eigenvalue weighted by molar-refractivity contribution is 7.01. The predicted molar refractivity (Wildman–Crippen MR) is 73.5 cm³/mol. The van der Waals surface area contributed by atoms with Crippen molar-refractivity contribution in [3.05, 3.63) is 24.6 Å². The average molecular weight is 238 g/mol. The molecule has 84 valence electrons. The summed E-state index contributed by atoms with van der Waals surface area (Å²) < 4.78 is 2.36. The van der Waals surface area contributed by atoms with Crippen LogP contribution in [-0.2, 0) is 0 Å². The lowest BCUT2D eigenvalue weighted by Gasteiger charge is -2.35. The minimum Gasteiger partial charge on any atom is -0.382 e. The zero-order valence-corrected chi connectivity index (χ0v) is 12.4. The maximum absolute atomic E-state index is 7.48. The van der Waals surface area contributed by atoms with E-state index >= 15 is 0 Å². The van der Waals surface area contributed by atoms with Gasteiger partial charge in [-0.3, -0.25) is 0 Å². The lowest BCUT2D eigenvalue weighted by Crippen LogP contribution is -2.41. The molecule has 1 aliphatic rings. The number of hydrogen-bond donors (Lipinski definition) is 1. The standard InChI is InChI=1S/C11H22N2Si2/c1-14(2,3)13-8-6-11(7-9-13)15(4,5)10-12/h6-12H,1-5H3. The molecule has 0 bridgehead atoms.